The monoisotopic (exact) mass is 152 g/mol. The minimum absolute atomic E-state index is 0. The molecule has 0 atom stereocenters. The molecule has 46 valence electrons. The molecule has 8 heavy (non-hydrogen) atoms. The molecule has 0 bridgehead atoms. The normalized spacial score (nSPS) is 4.00. The van der Waals surface area contributed by atoms with E-state index in [9.17, 15) is 0 Å². The summed E-state index contributed by atoms with van der Waals surface area (Å²) in [6, 6.07) is 0. The zero-order chi connectivity index (χ0) is 5.41. The summed E-state index contributed by atoms with van der Waals surface area (Å²) in [6.45, 7) is 5.72. The first-order valence-electron chi connectivity index (χ1n) is 2.00. The quantitative estimate of drug-likeness (QED) is 0.252. The van der Waals surface area contributed by atoms with Crippen LogP contribution in [0, 0.1) is 19.8 Å². The van der Waals surface area contributed by atoms with Crippen molar-refractivity contribution in [2.75, 3.05) is 0 Å². The first-order chi connectivity index (χ1) is 2.91. The van der Waals surface area contributed by atoms with Crippen LogP contribution >= 0.6 is 0 Å². The third-order valence-electron chi connectivity index (χ3n) is 0.354. The second-order valence-corrected chi connectivity index (χ2v) is 0.854. The second kappa shape index (κ2) is 47.8. The van der Waals surface area contributed by atoms with Gasteiger partial charge in [-0.3, -0.25) is 0 Å². The van der Waals surface area contributed by atoms with Crippen molar-refractivity contribution < 1.29 is 35.9 Å². The van der Waals surface area contributed by atoms with Crippen LogP contribution in [0.2, 0.25) is 0 Å². The van der Waals surface area contributed by atoms with Gasteiger partial charge in [0, 0.05) is 0 Å². The van der Waals surface area contributed by atoms with Crippen LogP contribution in [0.4, 0.5) is 0 Å². The Kier molecular flexibility index (Phi) is 140. The van der Waals surface area contributed by atoms with Crippen molar-refractivity contribution in [1.29, 1.82) is 0 Å². The van der Waals surface area contributed by atoms with E-state index < -0.39 is 0 Å². The molecule has 0 unspecified atom stereocenters. The SMILES string of the molecule is [C-]#C.[CH2-]CCC.[Cu+].[Li+]. The average molecular weight is 153 g/mol. The molecule has 0 aromatic rings. The maximum Gasteiger partial charge on any atom is 1.00 e. The van der Waals surface area contributed by atoms with Gasteiger partial charge >= 0.3 is 35.9 Å². The van der Waals surface area contributed by atoms with Crippen LogP contribution < -0.4 is 18.9 Å². The van der Waals surface area contributed by atoms with E-state index in [4.69, 9.17) is 6.42 Å². The van der Waals surface area contributed by atoms with Gasteiger partial charge in [-0.05, 0) is 0 Å². The Hall–Kier alpha value is 0.677. The van der Waals surface area contributed by atoms with E-state index in [-0.39, 0.29) is 35.9 Å². The number of unbranched alkanes of at least 4 members (excludes halogenated alkanes) is 1. The molecule has 0 aliphatic carbocycles. The summed E-state index contributed by atoms with van der Waals surface area (Å²) in [5, 5.41) is 0. The fourth-order valence-corrected chi connectivity index (χ4v) is 0. The van der Waals surface area contributed by atoms with Gasteiger partial charge in [0.1, 0.15) is 0 Å². The molecule has 0 amide bonds. The molecule has 0 aromatic carbocycles. The van der Waals surface area contributed by atoms with E-state index in [1.807, 2.05) is 0 Å². The zero-order valence-electron chi connectivity index (χ0n) is 5.50. The van der Waals surface area contributed by atoms with Gasteiger partial charge in [0.2, 0.25) is 0 Å². The van der Waals surface area contributed by atoms with E-state index in [1.165, 1.54) is 6.42 Å². The van der Waals surface area contributed by atoms with Crippen LogP contribution in [0.1, 0.15) is 19.8 Å². The standard InChI is InChI=1S/C4H9.C2H.Cu.Li/c1-3-4-2;1-2;;/h1,3-4H2,2H3;1H;;/q2*-1;2*+1. The Bertz CT molecular complexity index is 25.0. The van der Waals surface area contributed by atoms with Gasteiger partial charge in [-0.15, -0.1) is 0 Å². The summed E-state index contributed by atoms with van der Waals surface area (Å²) >= 11 is 0. The molecule has 0 spiro atoms. The molecule has 2 heteroatoms. The average Bonchev–Trinajstić information content (AvgIpc) is 1.72. The molecular formula is C6H10CuLi. The largest absolute Gasteiger partial charge is 1.00 e. The number of terminal acetylenes is 1. The van der Waals surface area contributed by atoms with Crippen molar-refractivity contribution in [3.05, 3.63) is 13.3 Å². The minimum atomic E-state index is 0. The predicted octanol–water partition coefficient (Wildman–Crippen LogP) is -1.17. The number of hydrogen-bond acceptors (Lipinski definition) is 0. The molecule has 0 rings (SSSR count). The maximum absolute atomic E-state index is 5.25. The molecule has 0 aliphatic rings. The smallest absolute Gasteiger partial charge is 0.697 e. The Morgan fingerprint density at radius 3 is 1.62 bits per heavy atom. The summed E-state index contributed by atoms with van der Waals surface area (Å²) in [4.78, 5) is 0. The fraction of sp³-hybridized carbons (Fsp3) is 0.500. The number of hydrogen-bond donors (Lipinski definition) is 0. The van der Waals surface area contributed by atoms with Gasteiger partial charge in [0.25, 0.3) is 0 Å². The summed E-state index contributed by atoms with van der Waals surface area (Å²) in [5.41, 5.74) is 0. The molecule has 0 N–H and O–H groups in total. The van der Waals surface area contributed by atoms with Crippen LogP contribution in [0.25, 0.3) is 0 Å². The third kappa shape index (κ3) is 76.5. The van der Waals surface area contributed by atoms with Gasteiger partial charge < -0.3 is 19.8 Å². The van der Waals surface area contributed by atoms with E-state index in [0.29, 0.717) is 0 Å². The van der Waals surface area contributed by atoms with Gasteiger partial charge in [-0.2, -0.15) is 6.42 Å². The molecule has 0 aliphatic heterocycles. The van der Waals surface area contributed by atoms with Crippen molar-refractivity contribution in [3.63, 3.8) is 0 Å². The van der Waals surface area contributed by atoms with E-state index in [0.717, 1.165) is 6.42 Å². The van der Waals surface area contributed by atoms with Crippen LogP contribution in [0.5, 0.6) is 0 Å². The Morgan fingerprint density at radius 2 is 1.62 bits per heavy atom. The summed E-state index contributed by atoms with van der Waals surface area (Å²) in [5.74, 6) is 0. The first kappa shape index (κ1) is 23.4. The predicted molar refractivity (Wildman–Crippen MR) is 28.5 cm³/mol. The van der Waals surface area contributed by atoms with Crippen LogP contribution in [-0.4, -0.2) is 0 Å². The summed E-state index contributed by atoms with van der Waals surface area (Å²) in [7, 11) is 0. The number of rotatable bonds is 1. The van der Waals surface area contributed by atoms with Crippen molar-refractivity contribution in [2.24, 2.45) is 0 Å². The topological polar surface area (TPSA) is 0 Å². The molecule has 0 saturated heterocycles. The first-order valence-corrected chi connectivity index (χ1v) is 2.00. The fourth-order valence-electron chi connectivity index (χ4n) is 0. The molecule has 0 fully saturated rings. The molecule has 0 radical (unpaired) electrons. The van der Waals surface area contributed by atoms with E-state index >= 15 is 0 Å². The van der Waals surface area contributed by atoms with Gasteiger partial charge in [-0.1, -0.05) is 13.3 Å². The summed E-state index contributed by atoms with van der Waals surface area (Å²) in [6.07, 6.45) is 11.3. The minimum Gasteiger partial charge on any atom is -0.697 e. The molecule has 0 saturated carbocycles. The molecule has 0 nitrogen and oxygen atoms in total. The third-order valence-corrected chi connectivity index (χ3v) is 0.354. The Labute approximate surface area is 75.5 Å². The van der Waals surface area contributed by atoms with Crippen molar-refractivity contribution in [1.82, 2.24) is 0 Å². The van der Waals surface area contributed by atoms with Gasteiger partial charge in [0.05, 0.1) is 0 Å². The Morgan fingerprint density at radius 1 is 1.50 bits per heavy atom. The molecule has 0 aromatic heterocycles. The van der Waals surface area contributed by atoms with Crippen LogP contribution in [0.15, 0.2) is 0 Å². The van der Waals surface area contributed by atoms with Gasteiger partial charge in [0.15, 0.2) is 0 Å². The van der Waals surface area contributed by atoms with Crippen molar-refractivity contribution >= 4 is 0 Å². The van der Waals surface area contributed by atoms with Crippen molar-refractivity contribution in [3.8, 4) is 6.42 Å². The van der Waals surface area contributed by atoms with Crippen LogP contribution in [0.3, 0.4) is 0 Å². The second-order valence-electron chi connectivity index (χ2n) is 0.854. The molecular weight excluding hydrogens is 143 g/mol. The zero-order valence-corrected chi connectivity index (χ0v) is 6.44. The van der Waals surface area contributed by atoms with Crippen molar-refractivity contribution in [2.45, 2.75) is 19.8 Å². The molecule has 0 heterocycles. The van der Waals surface area contributed by atoms with Crippen LogP contribution in [-0.2, 0) is 17.1 Å². The Balaban J connectivity index is -0.0000000183. The summed E-state index contributed by atoms with van der Waals surface area (Å²) < 4.78 is 0. The maximum atomic E-state index is 5.25. The van der Waals surface area contributed by atoms with Gasteiger partial charge in [-0.25, -0.2) is 0 Å². The van der Waals surface area contributed by atoms with E-state index in [2.05, 4.69) is 20.3 Å². The van der Waals surface area contributed by atoms with E-state index in [1.54, 1.807) is 0 Å².